The number of carbonyl (C=O) groups excluding carboxylic acids is 1. The number of anilines is 1. The van der Waals surface area contributed by atoms with Crippen LogP contribution in [0.25, 0.3) is 10.2 Å². The first kappa shape index (κ1) is 18.8. The summed E-state index contributed by atoms with van der Waals surface area (Å²) in [5, 5.41) is 4.15. The third-order valence-corrected chi connectivity index (χ3v) is 6.52. The molecule has 3 aromatic rings. The molecule has 7 heteroatoms. The Bertz CT molecular complexity index is 1020. The van der Waals surface area contributed by atoms with Crippen molar-refractivity contribution in [1.82, 2.24) is 14.9 Å². The number of nitrogens with zero attached hydrogens (tertiary/aromatic N) is 3. The first-order valence-corrected chi connectivity index (χ1v) is 10.4. The van der Waals surface area contributed by atoms with Gasteiger partial charge in [0.1, 0.15) is 22.8 Å². The van der Waals surface area contributed by atoms with E-state index < -0.39 is 0 Å². The van der Waals surface area contributed by atoms with Gasteiger partial charge >= 0.3 is 0 Å². The maximum absolute atomic E-state index is 13.4. The van der Waals surface area contributed by atoms with Crippen LogP contribution in [0.5, 0.6) is 0 Å². The van der Waals surface area contributed by atoms with Gasteiger partial charge in [0.05, 0.1) is 10.3 Å². The van der Waals surface area contributed by atoms with Crippen LogP contribution in [0.4, 0.5) is 10.2 Å². The lowest BCUT2D eigenvalue weighted by Gasteiger charge is -2.33. The number of carbonyl (C=O) groups is 1. The second-order valence-electron chi connectivity index (χ2n) is 7.29. The lowest BCUT2D eigenvalue weighted by atomic mass is 10.0. The van der Waals surface area contributed by atoms with Crippen molar-refractivity contribution < 1.29 is 9.18 Å². The molecule has 1 saturated heterocycles. The van der Waals surface area contributed by atoms with Gasteiger partial charge in [-0.3, -0.25) is 4.79 Å². The van der Waals surface area contributed by atoms with Crippen LogP contribution in [0.1, 0.15) is 47.0 Å². The fraction of sp³-hybridized carbons (Fsp3) is 0.381. The van der Waals surface area contributed by atoms with E-state index >= 15 is 0 Å². The standard InChI is InChI=1S/C21H23FN4OS/c1-13-6-3-4-9-26(13)21(27)18-14(2)17-19(24-12-25-20(17)28-18)23-11-15-7-5-8-16(22)10-15/h5,7-8,10,12-13H,3-4,6,9,11H2,1-2H3,(H,23,24,25). The molecule has 5 nitrogen and oxygen atoms in total. The maximum Gasteiger partial charge on any atom is 0.264 e. The van der Waals surface area contributed by atoms with Crippen LogP contribution in [-0.4, -0.2) is 33.4 Å². The zero-order chi connectivity index (χ0) is 19.7. The second kappa shape index (κ2) is 7.83. The number of hydrogen-bond donors (Lipinski definition) is 1. The predicted molar refractivity (Wildman–Crippen MR) is 110 cm³/mol. The summed E-state index contributed by atoms with van der Waals surface area (Å²) in [4.78, 5) is 25.4. The molecule has 0 aliphatic carbocycles. The Hall–Kier alpha value is -2.54. The average molecular weight is 399 g/mol. The largest absolute Gasteiger partial charge is 0.365 e. The van der Waals surface area contributed by atoms with Crippen LogP contribution in [0.3, 0.4) is 0 Å². The van der Waals surface area contributed by atoms with Gasteiger partial charge in [0.25, 0.3) is 5.91 Å². The van der Waals surface area contributed by atoms with E-state index in [2.05, 4.69) is 22.2 Å². The summed E-state index contributed by atoms with van der Waals surface area (Å²) in [6, 6.07) is 6.74. The summed E-state index contributed by atoms with van der Waals surface area (Å²) in [5.41, 5.74) is 1.74. The Morgan fingerprint density at radius 1 is 1.36 bits per heavy atom. The van der Waals surface area contributed by atoms with E-state index in [9.17, 15) is 9.18 Å². The van der Waals surface area contributed by atoms with Gasteiger partial charge in [-0.05, 0) is 56.4 Å². The number of thiophene rings is 1. The van der Waals surface area contributed by atoms with Crippen LogP contribution < -0.4 is 5.32 Å². The topological polar surface area (TPSA) is 58.1 Å². The quantitative estimate of drug-likeness (QED) is 0.688. The Morgan fingerprint density at radius 2 is 2.21 bits per heavy atom. The van der Waals surface area contributed by atoms with Gasteiger partial charge in [0.2, 0.25) is 0 Å². The Labute approximate surface area is 167 Å². The van der Waals surface area contributed by atoms with E-state index in [1.165, 1.54) is 36.2 Å². The van der Waals surface area contributed by atoms with E-state index in [0.29, 0.717) is 12.4 Å². The van der Waals surface area contributed by atoms with Crippen LogP contribution in [-0.2, 0) is 6.54 Å². The van der Waals surface area contributed by atoms with Gasteiger partial charge in [0.15, 0.2) is 0 Å². The van der Waals surface area contributed by atoms with Crippen LogP contribution in [0, 0.1) is 12.7 Å². The SMILES string of the molecule is Cc1c(C(=O)N2CCCCC2C)sc2ncnc(NCc3cccc(F)c3)c12. The predicted octanol–water partition coefficient (Wildman–Crippen LogP) is 4.77. The highest BCUT2D eigenvalue weighted by Gasteiger charge is 2.28. The van der Waals surface area contributed by atoms with Crippen molar-refractivity contribution in [2.24, 2.45) is 0 Å². The first-order valence-electron chi connectivity index (χ1n) is 9.58. The number of amides is 1. The minimum atomic E-state index is -0.262. The van der Waals surface area contributed by atoms with Gasteiger partial charge in [-0.2, -0.15) is 0 Å². The van der Waals surface area contributed by atoms with Gasteiger partial charge in [-0.25, -0.2) is 14.4 Å². The minimum Gasteiger partial charge on any atom is -0.365 e. The van der Waals surface area contributed by atoms with Gasteiger partial charge in [-0.15, -0.1) is 11.3 Å². The molecule has 1 fully saturated rings. The first-order chi connectivity index (χ1) is 13.5. The summed E-state index contributed by atoms with van der Waals surface area (Å²) < 4.78 is 13.4. The Kier molecular flexibility index (Phi) is 5.26. The van der Waals surface area contributed by atoms with E-state index in [0.717, 1.165) is 45.6 Å². The molecule has 3 heterocycles. The maximum atomic E-state index is 13.4. The molecule has 1 N–H and O–H groups in total. The van der Waals surface area contributed by atoms with Crippen molar-refractivity contribution in [3.63, 3.8) is 0 Å². The molecule has 2 aromatic heterocycles. The minimum absolute atomic E-state index is 0.0868. The fourth-order valence-electron chi connectivity index (χ4n) is 3.77. The Morgan fingerprint density at radius 3 is 3.00 bits per heavy atom. The molecule has 1 aliphatic rings. The van der Waals surface area contributed by atoms with Crippen LogP contribution in [0.2, 0.25) is 0 Å². The highest BCUT2D eigenvalue weighted by atomic mass is 32.1. The molecule has 4 rings (SSSR count). The summed E-state index contributed by atoms with van der Waals surface area (Å²) in [7, 11) is 0. The summed E-state index contributed by atoms with van der Waals surface area (Å²) >= 11 is 1.42. The number of benzene rings is 1. The van der Waals surface area contributed by atoms with Gasteiger partial charge < -0.3 is 10.2 Å². The third-order valence-electron chi connectivity index (χ3n) is 5.33. The second-order valence-corrected chi connectivity index (χ2v) is 8.28. The molecule has 1 aromatic carbocycles. The Balaban J connectivity index is 1.63. The smallest absolute Gasteiger partial charge is 0.264 e. The number of halogens is 1. The third kappa shape index (κ3) is 3.58. The summed E-state index contributed by atoms with van der Waals surface area (Å²) in [6.07, 6.45) is 4.79. The number of likely N-dealkylation sites (tertiary alicyclic amines) is 1. The molecular weight excluding hydrogens is 375 g/mol. The van der Waals surface area contributed by atoms with Crippen molar-refractivity contribution in [3.8, 4) is 0 Å². The van der Waals surface area contributed by atoms with Crippen LogP contribution in [0.15, 0.2) is 30.6 Å². The summed E-state index contributed by atoms with van der Waals surface area (Å²) in [5.74, 6) is 0.500. The molecule has 0 radical (unpaired) electrons. The fourth-order valence-corrected chi connectivity index (χ4v) is 4.88. The molecule has 1 amide bonds. The van der Waals surface area contributed by atoms with Gasteiger partial charge in [-0.1, -0.05) is 12.1 Å². The number of aromatic nitrogens is 2. The molecule has 0 bridgehead atoms. The zero-order valence-corrected chi connectivity index (χ0v) is 16.9. The molecule has 0 spiro atoms. The number of aryl methyl sites for hydroxylation is 1. The number of nitrogens with one attached hydrogen (secondary N) is 1. The van der Waals surface area contributed by atoms with Gasteiger partial charge in [0, 0.05) is 19.1 Å². The summed E-state index contributed by atoms with van der Waals surface area (Å²) in [6.45, 7) is 5.33. The lowest BCUT2D eigenvalue weighted by molar-refractivity contribution is 0.0640. The van der Waals surface area contributed by atoms with Crippen molar-refractivity contribution >= 4 is 33.3 Å². The zero-order valence-electron chi connectivity index (χ0n) is 16.0. The van der Waals surface area contributed by atoms with E-state index in [-0.39, 0.29) is 17.8 Å². The number of hydrogen-bond acceptors (Lipinski definition) is 5. The highest BCUT2D eigenvalue weighted by Crippen LogP contribution is 2.35. The van der Waals surface area contributed by atoms with Crippen molar-refractivity contribution in [2.45, 2.75) is 45.7 Å². The van der Waals surface area contributed by atoms with Crippen molar-refractivity contribution in [2.75, 3.05) is 11.9 Å². The molecule has 146 valence electrons. The molecular formula is C21H23FN4OS. The molecule has 1 aliphatic heterocycles. The van der Waals surface area contributed by atoms with Crippen LogP contribution >= 0.6 is 11.3 Å². The lowest BCUT2D eigenvalue weighted by Crippen LogP contribution is -2.41. The van der Waals surface area contributed by atoms with E-state index in [1.54, 1.807) is 6.07 Å². The molecule has 28 heavy (non-hydrogen) atoms. The molecule has 1 unspecified atom stereocenters. The van der Waals surface area contributed by atoms with E-state index in [1.807, 2.05) is 17.9 Å². The normalized spacial score (nSPS) is 17.1. The van der Waals surface area contributed by atoms with Crippen molar-refractivity contribution in [3.05, 3.63) is 52.4 Å². The average Bonchev–Trinajstić information content (AvgIpc) is 3.04. The molecule has 1 atom stereocenters. The van der Waals surface area contributed by atoms with E-state index in [4.69, 9.17) is 0 Å². The highest BCUT2D eigenvalue weighted by molar-refractivity contribution is 7.20. The monoisotopic (exact) mass is 398 g/mol. The number of rotatable bonds is 4. The molecule has 0 saturated carbocycles. The number of fused-ring (bicyclic) bond motifs is 1. The number of piperidine rings is 1. The van der Waals surface area contributed by atoms with Crippen molar-refractivity contribution in [1.29, 1.82) is 0 Å².